The fraction of sp³-hybridized carbons (Fsp3) is 0.417. The lowest BCUT2D eigenvalue weighted by Crippen LogP contribution is -2.36. The van der Waals surface area contributed by atoms with Gasteiger partial charge in [-0.3, -0.25) is 0 Å². The normalized spacial score (nSPS) is 28.3. The number of benzene rings is 1. The summed E-state index contributed by atoms with van der Waals surface area (Å²) in [7, 11) is -2.95. The van der Waals surface area contributed by atoms with Crippen LogP contribution in [0.5, 0.6) is 0 Å². The van der Waals surface area contributed by atoms with Gasteiger partial charge in [0.25, 0.3) is 0 Å². The Labute approximate surface area is 122 Å². The number of thiocarbonyl (C=S) groups is 1. The quantitative estimate of drug-likeness (QED) is 0.831. The van der Waals surface area contributed by atoms with Crippen molar-refractivity contribution in [3.8, 4) is 0 Å². The highest BCUT2D eigenvalue weighted by atomic mass is 35.5. The predicted octanol–water partition coefficient (Wildman–Crippen LogP) is 1.20. The minimum Gasteiger partial charge on any atom is -0.357 e. The molecule has 1 aromatic rings. The minimum atomic E-state index is -2.95. The molecule has 102 valence electrons. The Kier molecular flexibility index (Phi) is 3.19. The molecule has 0 amide bonds. The van der Waals surface area contributed by atoms with Crippen LogP contribution in [0.4, 0.5) is 0 Å². The molecule has 0 saturated carbocycles. The highest BCUT2D eigenvalue weighted by Gasteiger charge is 2.46. The van der Waals surface area contributed by atoms with Crippen molar-refractivity contribution < 1.29 is 8.42 Å². The molecule has 0 radical (unpaired) electrons. The van der Waals surface area contributed by atoms with E-state index in [-0.39, 0.29) is 23.6 Å². The summed E-state index contributed by atoms with van der Waals surface area (Å²) < 4.78 is 23.3. The van der Waals surface area contributed by atoms with E-state index in [1.165, 1.54) is 0 Å². The Morgan fingerprint density at radius 2 is 2.00 bits per heavy atom. The second-order valence-electron chi connectivity index (χ2n) is 4.95. The molecule has 1 N–H and O–H groups in total. The third kappa shape index (κ3) is 2.57. The van der Waals surface area contributed by atoms with Crippen molar-refractivity contribution in [2.45, 2.75) is 18.6 Å². The molecule has 19 heavy (non-hydrogen) atoms. The van der Waals surface area contributed by atoms with Crippen LogP contribution < -0.4 is 5.32 Å². The van der Waals surface area contributed by atoms with Gasteiger partial charge >= 0.3 is 0 Å². The zero-order chi connectivity index (χ0) is 13.6. The summed E-state index contributed by atoms with van der Waals surface area (Å²) in [5.41, 5.74) is 1.07. The van der Waals surface area contributed by atoms with E-state index in [0.29, 0.717) is 16.7 Å². The number of nitrogens with one attached hydrogen (secondary N) is 1. The number of rotatable bonds is 2. The maximum atomic E-state index is 11.7. The molecular weight excluding hydrogens is 304 g/mol. The third-order valence-electron chi connectivity index (χ3n) is 3.56. The summed E-state index contributed by atoms with van der Waals surface area (Å²) in [5.74, 6) is 0.354. The number of hydrogen-bond acceptors (Lipinski definition) is 3. The average molecular weight is 317 g/mol. The Hall–Kier alpha value is -0.850. The number of halogens is 1. The van der Waals surface area contributed by atoms with Gasteiger partial charge in [-0.2, -0.15) is 0 Å². The molecule has 2 aliphatic heterocycles. The van der Waals surface area contributed by atoms with Gasteiger partial charge in [0, 0.05) is 11.6 Å². The Morgan fingerprint density at radius 1 is 1.32 bits per heavy atom. The summed E-state index contributed by atoms with van der Waals surface area (Å²) in [6, 6.07) is 7.40. The van der Waals surface area contributed by atoms with Crippen LogP contribution in [0.2, 0.25) is 5.02 Å². The molecular formula is C12H13ClN2O2S2. The average Bonchev–Trinajstić information content (AvgIpc) is 2.75. The molecule has 2 aliphatic rings. The van der Waals surface area contributed by atoms with E-state index in [9.17, 15) is 8.42 Å². The van der Waals surface area contributed by atoms with Crippen LogP contribution in [0.3, 0.4) is 0 Å². The smallest absolute Gasteiger partial charge is 0.169 e. The second kappa shape index (κ2) is 4.61. The molecule has 4 nitrogen and oxygen atoms in total. The maximum Gasteiger partial charge on any atom is 0.169 e. The van der Waals surface area contributed by atoms with Crippen molar-refractivity contribution in [1.29, 1.82) is 0 Å². The van der Waals surface area contributed by atoms with Crippen LogP contribution >= 0.6 is 23.8 Å². The van der Waals surface area contributed by atoms with Crippen molar-refractivity contribution in [3.05, 3.63) is 34.9 Å². The first-order valence-electron chi connectivity index (χ1n) is 5.97. The van der Waals surface area contributed by atoms with Crippen molar-refractivity contribution >= 4 is 38.8 Å². The van der Waals surface area contributed by atoms with E-state index in [2.05, 4.69) is 5.32 Å². The van der Waals surface area contributed by atoms with Crippen LogP contribution in [0, 0.1) is 0 Å². The largest absolute Gasteiger partial charge is 0.357 e. The van der Waals surface area contributed by atoms with Crippen molar-refractivity contribution in [2.75, 3.05) is 11.5 Å². The number of hydrogen-bond donors (Lipinski definition) is 1. The van der Waals surface area contributed by atoms with Gasteiger partial charge in [-0.25, -0.2) is 8.42 Å². The van der Waals surface area contributed by atoms with Crippen molar-refractivity contribution in [1.82, 2.24) is 10.2 Å². The standard InChI is InChI=1S/C12H13ClN2O2S2/c13-9-3-1-8(2-4-9)5-15-11-7-19(16,17)6-10(11)14-12(15)18/h1-4,10-11H,5-7H2,(H,14,18)/t10-,11+/m1/s1. The molecule has 2 saturated heterocycles. The van der Waals surface area contributed by atoms with Crippen molar-refractivity contribution in [2.24, 2.45) is 0 Å². The molecule has 0 spiro atoms. The number of sulfone groups is 1. The van der Waals surface area contributed by atoms with Gasteiger partial charge in [-0.15, -0.1) is 0 Å². The first kappa shape index (κ1) is 13.1. The lowest BCUT2D eigenvalue weighted by atomic mass is 10.1. The first-order valence-corrected chi connectivity index (χ1v) is 8.57. The first-order chi connectivity index (χ1) is 8.94. The zero-order valence-corrected chi connectivity index (χ0v) is 12.4. The number of fused-ring (bicyclic) bond motifs is 1. The summed E-state index contributed by atoms with van der Waals surface area (Å²) in [6.45, 7) is 0.611. The van der Waals surface area contributed by atoms with Crippen LogP contribution in [0.1, 0.15) is 5.56 Å². The van der Waals surface area contributed by atoms with E-state index in [0.717, 1.165) is 5.56 Å². The van der Waals surface area contributed by atoms with E-state index >= 15 is 0 Å². The van der Waals surface area contributed by atoms with Crippen LogP contribution in [-0.4, -0.2) is 42.0 Å². The van der Waals surface area contributed by atoms with E-state index in [1.807, 2.05) is 29.2 Å². The molecule has 2 atom stereocenters. The van der Waals surface area contributed by atoms with E-state index in [1.54, 1.807) is 0 Å². The van der Waals surface area contributed by atoms with Gasteiger partial charge in [0.2, 0.25) is 0 Å². The van der Waals surface area contributed by atoms with Crippen LogP contribution in [0.15, 0.2) is 24.3 Å². The third-order valence-corrected chi connectivity index (χ3v) is 5.88. The van der Waals surface area contributed by atoms with Gasteiger partial charge in [0.15, 0.2) is 14.9 Å². The Balaban J connectivity index is 1.80. The zero-order valence-electron chi connectivity index (χ0n) is 10.0. The molecule has 1 aromatic carbocycles. The SMILES string of the molecule is O=S1(=O)C[C@H]2NC(=S)N(Cc3ccc(Cl)cc3)[C@H]2C1. The highest BCUT2D eigenvalue weighted by Crippen LogP contribution is 2.26. The van der Waals surface area contributed by atoms with E-state index in [4.69, 9.17) is 23.8 Å². The topological polar surface area (TPSA) is 49.4 Å². The monoisotopic (exact) mass is 316 g/mol. The molecule has 0 bridgehead atoms. The molecule has 0 aliphatic carbocycles. The number of nitrogens with zero attached hydrogens (tertiary/aromatic N) is 1. The summed E-state index contributed by atoms with van der Waals surface area (Å²) in [6.07, 6.45) is 0. The van der Waals surface area contributed by atoms with Crippen LogP contribution in [0.25, 0.3) is 0 Å². The lowest BCUT2D eigenvalue weighted by Gasteiger charge is -2.23. The summed E-state index contributed by atoms with van der Waals surface area (Å²) in [5, 5.41) is 4.43. The predicted molar refractivity (Wildman–Crippen MR) is 79.0 cm³/mol. The Bertz CT molecular complexity index is 615. The second-order valence-corrected chi connectivity index (χ2v) is 7.93. The minimum absolute atomic E-state index is 0.0480. The molecule has 0 unspecified atom stereocenters. The van der Waals surface area contributed by atoms with Gasteiger partial charge in [-0.1, -0.05) is 23.7 Å². The van der Waals surface area contributed by atoms with Gasteiger partial charge < -0.3 is 10.2 Å². The molecule has 0 aromatic heterocycles. The highest BCUT2D eigenvalue weighted by molar-refractivity contribution is 7.91. The van der Waals surface area contributed by atoms with E-state index < -0.39 is 9.84 Å². The fourth-order valence-corrected chi connectivity index (χ4v) is 5.04. The maximum absolute atomic E-state index is 11.7. The lowest BCUT2D eigenvalue weighted by molar-refractivity contribution is 0.349. The summed E-state index contributed by atoms with van der Waals surface area (Å²) in [4.78, 5) is 1.97. The molecule has 2 heterocycles. The molecule has 7 heteroatoms. The summed E-state index contributed by atoms with van der Waals surface area (Å²) >= 11 is 11.1. The van der Waals surface area contributed by atoms with Gasteiger partial charge in [0.05, 0.1) is 23.6 Å². The van der Waals surface area contributed by atoms with Crippen LogP contribution in [-0.2, 0) is 16.4 Å². The molecule has 2 fully saturated rings. The van der Waals surface area contributed by atoms with Gasteiger partial charge in [0.1, 0.15) is 0 Å². The van der Waals surface area contributed by atoms with Gasteiger partial charge in [-0.05, 0) is 29.9 Å². The fourth-order valence-electron chi connectivity index (χ4n) is 2.64. The van der Waals surface area contributed by atoms with Crippen molar-refractivity contribution in [3.63, 3.8) is 0 Å². The Morgan fingerprint density at radius 3 is 2.68 bits per heavy atom. The molecule has 3 rings (SSSR count).